The van der Waals surface area contributed by atoms with Gasteiger partial charge in [-0.2, -0.15) is 5.10 Å². The summed E-state index contributed by atoms with van der Waals surface area (Å²) in [6, 6.07) is 1.97. The van der Waals surface area contributed by atoms with E-state index in [1.807, 2.05) is 26.8 Å². The summed E-state index contributed by atoms with van der Waals surface area (Å²) in [7, 11) is 0. The van der Waals surface area contributed by atoms with Gasteiger partial charge in [-0.05, 0) is 13.0 Å². The number of rotatable bonds is 0. The van der Waals surface area contributed by atoms with Crippen LogP contribution in [-0.4, -0.2) is 25.5 Å². The highest BCUT2D eigenvalue weighted by atomic mass is 16.2. The van der Waals surface area contributed by atoms with Crippen molar-refractivity contribution in [3.63, 3.8) is 0 Å². The number of aromatic nitrogens is 3. The molecule has 2 aromatic heterocycles. The first kappa shape index (κ1) is 11.5. The van der Waals surface area contributed by atoms with Gasteiger partial charge in [0.2, 0.25) is 0 Å². The van der Waals surface area contributed by atoms with E-state index in [1.54, 1.807) is 4.52 Å². The molecule has 0 spiro atoms. The highest BCUT2D eigenvalue weighted by molar-refractivity contribution is 6.01. The van der Waals surface area contributed by atoms with E-state index in [0.717, 1.165) is 16.8 Å². The molecule has 1 amide bonds. The number of nitrogens with zero attached hydrogens (tertiary/aromatic N) is 4. The molecule has 0 unspecified atom stereocenters. The van der Waals surface area contributed by atoms with Gasteiger partial charge in [0.15, 0.2) is 5.69 Å². The molecule has 2 N–H and O–H groups in total. The molecule has 90 valence electrons. The Balaban J connectivity index is 0.000000514. The molecule has 3 heterocycles. The SMILES string of the molecule is CC.Cc1cc2c3c(ncnn13)C(=O)N(N)C2. The second-order valence-corrected chi connectivity index (χ2v) is 3.61. The zero-order valence-electron chi connectivity index (χ0n) is 10.1. The van der Waals surface area contributed by atoms with Gasteiger partial charge in [-0.3, -0.25) is 9.80 Å². The Bertz CT molecular complexity index is 574. The molecule has 0 atom stereocenters. The first-order valence-corrected chi connectivity index (χ1v) is 5.57. The van der Waals surface area contributed by atoms with Crippen LogP contribution in [0.3, 0.4) is 0 Å². The Morgan fingerprint density at radius 3 is 2.82 bits per heavy atom. The first-order valence-electron chi connectivity index (χ1n) is 5.57. The number of hydrogen-bond donors (Lipinski definition) is 1. The normalized spacial score (nSPS) is 13.6. The van der Waals surface area contributed by atoms with Gasteiger partial charge in [0.1, 0.15) is 11.8 Å². The van der Waals surface area contributed by atoms with Gasteiger partial charge in [-0.1, -0.05) is 13.8 Å². The Labute approximate surface area is 99.0 Å². The van der Waals surface area contributed by atoms with E-state index in [-0.39, 0.29) is 5.91 Å². The van der Waals surface area contributed by atoms with Crippen LogP contribution in [0.2, 0.25) is 0 Å². The highest BCUT2D eigenvalue weighted by Crippen LogP contribution is 2.24. The summed E-state index contributed by atoms with van der Waals surface area (Å²) in [5.41, 5.74) is 3.13. The second kappa shape index (κ2) is 4.14. The van der Waals surface area contributed by atoms with E-state index in [0.29, 0.717) is 12.2 Å². The molecule has 3 rings (SSSR count). The lowest BCUT2D eigenvalue weighted by atomic mass is 10.1. The molecule has 0 fully saturated rings. The molecule has 6 nitrogen and oxygen atoms in total. The number of nitrogens with two attached hydrogens (primary N) is 1. The maximum absolute atomic E-state index is 11.7. The van der Waals surface area contributed by atoms with Crippen molar-refractivity contribution < 1.29 is 4.79 Å². The van der Waals surface area contributed by atoms with Crippen LogP contribution in [0.1, 0.15) is 35.6 Å². The number of carbonyl (C=O) groups is 1. The van der Waals surface area contributed by atoms with Gasteiger partial charge in [0.05, 0.1) is 6.54 Å². The van der Waals surface area contributed by atoms with Crippen LogP contribution >= 0.6 is 0 Å². The smallest absolute Gasteiger partial charge is 0.271 e. The number of carbonyl (C=O) groups excluding carboxylic acids is 1. The number of aryl methyl sites for hydroxylation is 1. The standard InChI is InChI=1S/C9H9N5O.C2H6/c1-5-2-6-3-13(10)9(15)7-8(6)14(5)12-4-11-7;1-2/h2,4H,3,10H2,1H3;1-2H3. The average Bonchev–Trinajstić information content (AvgIpc) is 2.67. The predicted molar refractivity (Wildman–Crippen MR) is 63.1 cm³/mol. The number of amides is 1. The molecule has 0 radical (unpaired) electrons. The third-order valence-corrected chi connectivity index (χ3v) is 2.62. The van der Waals surface area contributed by atoms with Crippen molar-refractivity contribution in [3.8, 4) is 0 Å². The number of hydrogen-bond acceptors (Lipinski definition) is 4. The lowest BCUT2D eigenvalue weighted by Crippen LogP contribution is -2.40. The molecule has 0 aliphatic carbocycles. The van der Waals surface area contributed by atoms with Crippen LogP contribution in [0.15, 0.2) is 12.4 Å². The molecule has 0 bridgehead atoms. The van der Waals surface area contributed by atoms with Crippen molar-refractivity contribution in [1.82, 2.24) is 19.6 Å². The minimum atomic E-state index is -0.256. The van der Waals surface area contributed by atoms with Crippen LogP contribution in [0.4, 0.5) is 0 Å². The zero-order chi connectivity index (χ0) is 12.6. The van der Waals surface area contributed by atoms with Crippen molar-refractivity contribution in [2.75, 3.05) is 0 Å². The fraction of sp³-hybridized carbons (Fsp3) is 0.364. The molecule has 1 aliphatic rings. The first-order chi connectivity index (χ1) is 8.18. The predicted octanol–water partition coefficient (Wildman–Crippen LogP) is 0.893. The van der Waals surface area contributed by atoms with E-state index in [9.17, 15) is 4.79 Å². The Kier molecular flexibility index (Phi) is 2.81. The minimum absolute atomic E-state index is 0.256. The summed E-state index contributed by atoms with van der Waals surface area (Å²) < 4.78 is 1.72. The lowest BCUT2D eigenvalue weighted by Gasteiger charge is -2.20. The van der Waals surface area contributed by atoms with Crippen LogP contribution in [0.25, 0.3) is 5.52 Å². The van der Waals surface area contributed by atoms with Crippen molar-refractivity contribution in [2.24, 2.45) is 5.84 Å². The van der Waals surface area contributed by atoms with Crippen molar-refractivity contribution in [1.29, 1.82) is 0 Å². The topological polar surface area (TPSA) is 76.5 Å². The van der Waals surface area contributed by atoms with Crippen molar-refractivity contribution >= 4 is 11.4 Å². The fourth-order valence-corrected chi connectivity index (χ4v) is 1.96. The quantitative estimate of drug-likeness (QED) is 0.541. The van der Waals surface area contributed by atoms with E-state index in [1.165, 1.54) is 11.3 Å². The summed E-state index contributed by atoms with van der Waals surface area (Å²) in [5, 5.41) is 5.27. The van der Waals surface area contributed by atoms with Gasteiger partial charge < -0.3 is 0 Å². The summed E-state index contributed by atoms with van der Waals surface area (Å²) in [5.74, 6) is 5.34. The van der Waals surface area contributed by atoms with E-state index in [2.05, 4.69) is 10.1 Å². The average molecular weight is 233 g/mol. The Morgan fingerprint density at radius 2 is 2.12 bits per heavy atom. The van der Waals surface area contributed by atoms with Crippen LogP contribution < -0.4 is 5.84 Å². The Morgan fingerprint density at radius 1 is 1.41 bits per heavy atom. The van der Waals surface area contributed by atoms with Gasteiger partial charge >= 0.3 is 0 Å². The Hall–Kier alpha value is -1.95. The molecule has 0 aromatic carbocycles. The van der Waals surface area contributed by atoms with Gasteiger partial charge in [-0.25, -0.2) is 15.3 Å². The monoisotopic (exact) mass is 233 g/mol. The van der Waals surface area contributed by atoms with Gasteiger partial charge in [-0.15, -0.1) is 0 Å². The zero-order valence-corrected chi connectivity index (χ0v) is 10.1. The molecule has 1 aliphatic heterocycles. The number of hydrazine groups is 1. The van der Waals surface area contributed by atoms with E-state index >= 15 is 0 Å². The molecular weight excluding hydrogens is 218 g/mol. The van der Waals surface area contributed by atoms with Gasteiger partial charge in [0.25, 0.3) is 5.91 Å². The summed E-state index contributed by atoms with van der Waals surface area (Å²) in [6.45, 7) is 6.35. The van der Waals surface area contributed by atoms with E-state index in [4.69, 9.17) is 5.84 Å². The lowest BCUT2D eigenvalue weighted by molar-refractivity contribution is 0.0730. The molecular formula is C11H15N5O. The third-order valence-electron chi connectivity index (χ3n) is 2.62. The molecule has 0 saturated heterocycles. The largest absolute Gasteiger partial charge is 0.288 e. The summed E-state index contributed by atoms with van der Waals surface area (Å²) in [6.07, 6.45) is 1.37. The van der Waals surface area contributed by atoms with Crippen LogP contribution in [-0.2, 0) is 6.54 Å². The van der Waals surface area contributed by atoms with Crippen LogP contribution in [0.5, 0.6) is 0 Å². The minimum Gasteiger partial charge on any atom is -0.271 e. The maximum atomic E-state index is 11.7. The molecule has 0 saturated carbocycles. The summed E-state index contributed by atoms with van der Waals surface area (Å²) >= 11 is 0. The summed E-state index contributed by atoms with van der Waals surface area (Å²) in [4.78, 5) is 15.7. The van der Waals surface area contributed by atoms with Gasteiger partial charge in [0, 0.05) is 11.3 Å². The second-order valence-electron chi connectivity index (χ2n) is 3.61. The van der Waals surface area contributed by atoms with Crippen molar-refractivity contribution in [2.45, 2.75) is 27.3 Å². The molecule has 6 heteroatoms. The van der Waals surface area contributed by atoms with E-state index < -0.39 is 0 Å². The fourth-order valence-electron chi connectivity index (χ4n) is 1.96. The third kappa shape index (κ3) is 1.57. The molecule has 2 aromatic rings. The van der Waals surface area contributed by atoms with Crippen LogP contribution in [0, 0.1) is 6.92 Å². The highest BCUT2D eigenvalue weighted by Gasteiger charge is 2.27. The molecule has 17 heavy (non-hydrogen) atoms. The maximum Gasteiger partial charge on any atom is 0.288 e. The van der Waals surface area contributed by atoms with Crippen molar-refractivity contribution in [3.05, 3.63) is 29.3 Å².